The molecule has 0 aliphatic carbocycles. The van der Waals surface area contributed by atoms with Gasteiger partial charge in [0.1, 0.15) is 0 Å². The molecular formula is C14H8BrN3O2. The van der Waals surface area contributed by atoms with E-state index in [2.05, 4.69) is 25.9 Å². The van der Waals surface area contributed by atoms with Gasteiger partial charge in [0.25, 0.3) is 5.69 Å². The number of nitro groups is 1. The minimum Gasteiger partial charge on any atom is -0.258 e. The molecule has 0 N–H and O–H groups in total. The van der Waals surface area contributed by atoms with Gasteiger partial charge in [0.2, 0.25) is 0 Å². The summed E-state index contributed by atoms with van der Waals surface area (Å²) in [5.74, 6) is 0. The van der Waals surface area contributed by atoms with Gasteiger partial charge in [-0.05, 0) is 24.3 Å². The molecule has 0 bridgehead atoms. The number of halogens is 1. The van der Waals surface area contributed by atoms with E-state index in [0.717, 1.165) is 5.52 Å². The third kappa shape index (κ3) is 2.25. The number of hydrogen-bond donors (Lipinski definition) is 0. The molecule has 3 rings (SSSR count). The van der Waals surface area contributed by atoms with Crippen LogP contribution in [0.3, 0.4) is 0 Å². The zero-order valence-electron chi connectivity index (χ0n) is 10.2. The number of nitrogens with zero attached hydrogens (tertiary/aromatic N) is 3. The van der Waals surface area contributed by atoms with E-state index in [-0.39, 0.29) is 5.69 Å². The van der Waals surface area contributed by atoms with E-state index in [0.29, 0.717) is 21.2 Å². The summed E-state index contributed by atoms with van der Waals surface area (Å²) < 4.78 is 0.654. The van der Waals surface area contributed by atoms with Crippen molar-refractivity contribution in [2.75, 3.05) is 0 Å². The lowest BCUT2D eigenvalue weighted by molar-refractivity contribution is -0.384. The molecule has 1 heterocycles. The molecule has 6 heteroatoms. The van der Waals surface area contributed by atoms with Crippen LogP contribution in [0.1, 0.15) is 0 Å². The molecule has 0 radical (unpaired) electrons. The molecule has 2 aromatic carbocycles. The van der Waals surface area contributed by atoms with E-state index in [9.17, 15) is 10.1 Å². The Labute approximate surface area is 122 Å². The van der Waals surface area contributed by atoms with Crippen LogP contribution in [0, 0.1) is 10.1 Å². The molecular weight excluding hydrogens is 322 g/mol. The summed E-state index contributed by atoms with van der Waals surface area (Å²) >= 11 is 3.24. The highest BCUT2D eigenvalue weighted by atomic mass is 79.9. The van der Waals surface area contributed by atoms with Crippen LogP contribution >= 0.6 is 15.9 Å². The predicted octanol–water partition coefficient (Wildman–Crippen LogP) is 3.97. The third-order valence-corrected chi connectivity index (χ3v) is 3.37. The van der Waals surface area contributed by atoms with Crippen molar-refractivity contribution >= 4 is 32.7 Å². The lowest BCUT2D eigenvalue weighted by atomic mass is 10.1. The second-order valence-corrected chi connectivity index (χ2v) is 5.08. The molecule has 20 heavy (non-hydrogen) atoms. The fourth-order valence-electron chi connectivity index (χ4n) is 1.96. The maximum Gasteiger partial charge on any atom is 0.279 e. The Balaban J connectivity index is 2.22. The largest absolute Gasteiger partial charge is 0.279 e. The van der Waals surface area contributed by atoms with Gasteiger partial charge in [-0.15, -0.1) is 0 Å². The number of para-hydroxylation sites is 2. The minimum absolute atomic E-state index is 0.00366. The Morgan fingerprint density at radius 3 is 2.60 bits per heavy atom. The average Bonchev–Trinajstić information content (AvgIpc) is 2.46. The number of fused-ring (bicyclic) bond motifs is 1. The highest BCUT2D eigenvalue weighted by Gasteiger charge is 2.17. The van der Waals surface area contributed by atoms with Gasteiger partial charge in [0.05, 0.1) is 33.4 Å². The van der Waals surface area contributed by atoms with E-state index < -0.39 is 4.92 Å². The van der Waals surface area contributed by atoms with Crippen molar-refractivity contribution in [3.05, 3.63) is 63.2 Å². The molecule has 0 saturated heterocycles. The number of aromatic nitrogens is 2. The lowest BCUT2D eigenvalue weighted by Gasteiger charge is -2.04. The van der Waals surface area contributed by atoms with Gasteiger partial charge in [-0.3, -0.25) is 15.1 Å². The van der Waals surface area contributed by atoms with Crippen LogP contribution in [0.4, 0.5) is 5.69 Å². The van der Waals surface area contributed by atoms with Crippen molar-refractivity contribution in [2.45, 2.75) is 0 Å². The maximum absolute atomic E-state index is 11.1. The Bertz CT molecular complexity index is 820. The Morgan fingerprint density at radius 1 is 1.10 bits per heavy atom. The molecule has 0 aliphatic heterocycles. The van der Waals surface area contributed by atoms with Crippen LogP contribution in [0.2, 0.25) is 0 Å². The van der Waals surface area contributed by atoms with Crippen molar-refractivity contribution in [1.82, 2.24) is 9.97 Å². The summed E-state index contributed by atoms with van der Waals surface area (Å²) in [5, 5.41) is 11.1. The van der Waals surface area contributed by atoms with Crippen molar-refractivity contribution in [3.63, 3.8) is 0 Å². The van der Waals surface area contributed by atoms with E-state index in [1.807, 2.05) is 24.3 Å². The molecule has 0 unspecified atom stereocenters. The summed E-state index contributed by atoms with van der Waals surface area (Å²) in [5.41, 5.74) is 2.42. The first-order valence-corrected chi connectivity index (χ1v) is 6.60. The van der Waals surface area contributed by atoms with Gasteiger partial charge in [-0.25, -0.2) is 4.98 Å². The van der Waals surface area contributed by atoms with Crippen LogP contribution in [-0.2, 0) is 0 Å². The first-order chi connectivity index (χ1) is 9.65. The van der Waals surface area contributed by atoms with Gasteiger partial charge in [-0.1, -0.05) is 28.1 Å². The van der Waals surface area contributed by atoms with Crippen LogP contribution < -0.4 is 0 Å². The second kappa shape index (κ2) is 4.97. The quantitative estimate of drug-likeness (QED) is 0.527. The van der Waals surface area contributed by atoms with E-state index in [1.165, 1.54) is 6.07 Å². The van der Waals surface area contributed by atoms with Crippen LogP contribution in [0.5, 0.6) is 0 Å². The van der Waals surface area contributed by atoms with Gasteiger partial charge in [0, 0.05) is 10.5 Å². The fourth-order valence-corrected chi connectivity index (χ4v) is 2.31. The zero-order chi connectivity index (χ0) is 14.1. The van der Waals surface area contributed by atoms with Crippen LogP contribution in [0.15, 0.2) is 53.1 Å². The van der Waals surface area contributed by atoms with Crippen molar-refractivity contribution in [2.24, 2.45) is 0 Å². The van der Waals surface area contributed by atoms with E-state index >= 15 is 0 Å². The van der Waals surface area contributed by atoms with Crippen molar-refractivity contribution in [3.8, 4) is 11.3 Å². The summed E-state index contributed by atoms with van der Waals surface area (Å²) in [6.07, 6.45) is 1.55. The first kappa shape index (κ1) is 12.7. The molecule has 1 aromatic heterocycles. The highest BCUT2D eigenvalue weighted by Crippen LogP contribution is 2.31. The molecule has 98 valence electrons. The molecule has 0 aliphatic rings. The third-order valence-electron chi connectivity index (χ3n) is 2.88. The van der Waals surface area contributed by atoms with Crippen LogP contribution in [0.25, 0.3) is 22.3 Å². The number of benzene rings is 2. The lowest BCUT2D eigenvalue weighted by Crippen LogP contribution is -1.95. The van der Waals surface area contributed by atoms with Gasteiger partial charge in [0.15, 0.2) is 0 Å². The Hall–Kier alpha value is -2.34. The summed E-state index contributed by atoms with van der Waals surface area (Å²) in [6.45, 7) is 0. The summed E-state index contributed by atoms with van der Waals surface area (Å²) in [6, 6.07) is 12.3. The number of rotatable bonds is 2. The van der Waals surface area contributed by atoms with Crippen LogP contribution in [-0.4, -0.2) is 14.9 Å². The maximum atomic E-state index is 11.1. The standard InChI is InChI=1S/C14H8BrN3O2/c15-9-5-6-10(14(7-9)18(19)20)13-8-16-11-3-1-2-4-12(11)17-13/h1-8H. The zero-order valence-corrected chi connectivity index (χ0v) is 11.7. The summed E-state index contributed by atoms with van der Waals surface area (Å²) in [4.78, 5) is 19.4. The molecule has 0 fully saturated rings. The Morgan fingerprint density at radius 2 is 1.85 bits per heavy atom. The fraction of sp³-hybridized carbons (Fsp3) is 0. The minimum atomic E-state index is -0.420. The summed E-state index contributed by atoms with van der Waals surface area (Å²) in [7, 11) is 0. The average molecular weight is 330 g/mol. The normalized spacial score (nSPS) is 10.7. The monoisotopic (exact) mass is 329 g/mol. The number of nitro benzene ring substituents is 1. The second-order valence-electron chi connectivity index (χ2n) is 4.16. The van der Waals surface area contributed by atoms with Gasteiger partial charge < -0.3 is 0 Å². The molecule has 0 amide bonds. The van der Waals surface area contributed by atoms with Crippen molar-refractivity contribution < 1.29 is 4.92 Å². The van der Waals surface area contributed by atoms with Crippen molar-refractivity contribution in [1.29, 1.82) is 0 Å². The molecule has 0 saturated carbocycles. The van der Waals surface area contributed by atoms with Gasteiger partial charge in [-0.2, -0.15) is 0 Å². The molecule has 0 spiro atoms. The molecule has 0 atom stereocenters. The smallest absolute Gasteiger partial charge is 0.258 e. The van der Waals surface area contributed by atoms with Gasteiger partial charge >= 0.3 is 0 Å². The molecule has 3 aromatic rings. The first-order valence-electron chi connectivity index (χ1n) is 5.81. The highest BCUT2D eigenvalue weighted by molar-refractivity contribution is 9.10. The van der Waals surface area contributed by atoms with E-state index in [4.69, 9.17) is 0 Å². The Kier molecular flexibility index (Phi) is 3.15. The predicted molar refractivity (Wildman–Crippen MR) is 79.3 cm³/mol. The number of hydrogen-bond acceptors (Lipinski definition) is 4. The topological polar surface area (TPSA) is 68.9 Å². The van der Waals surface area contributed by atoms with E-state index in [1.54, 1.807) is 18.3 Å². The molecule has 5 nitrogen and oxygen atoms in total. The SMILES string of the molecule is O=[N+]([O-])c1cc(Br)ccc1-c1cnc2ccccc2n1.